The molecule has 0 spiro atoms. The van der Waals surface area contributed by atoms with E-state index in [0.717, 1.165) is 18.8 Å². The van der Waals surface area contributed by atoms with Crippen molar-refractivity contribution in [2.45, 2.75) is 66.2 Å². The number of ether oxygens (including phenoxy) is 1. The molecule has 2 aliphatic rings. The van der Waals surface area contributed by atoms with Crippen LogP contribution < -0.4 is 0 Å². The second kappa shape index (κ2) is 5.85. The van der Waals surface area contributed by atoms with Gasteiger partial charge in [0.15, 0.2) is 0 Å². The van der Waals surface area contributed by atoms with Gasteiger partial charge in [-0.1, -0.05) is 34.1 Å². The lowest BCUT2D eigenvalue weighted by molar-refractivity contribution is -0.150. The SMILES string of the molecule is CC(CCOC(=O)C1CC2CCC1C2)CC(C)(C)C. The Balaban J connectivity index is 1.64. The largest absolute Gasteiger partial charge is 0.465 e. The zero-order valence-electron chi connectivity index (χ0n) is 13.1. The van der Waals surface area contributed by atoms with Crippen molar-refractivity contribution in [1.29, 1.82) is 0 Å². The molecule has 0 N–H and O–H groups in total. The first-order valence-corrected chi connectivity index (χ1v) is 8.02. The van der Waals surface area contributed by atoms with Gasteiger partial charge in [0.2, 0.25) is 0 Å². The molecule has 2 saturated carbocycles. The summed E-state index contributed by atoms with van der Waals surface area (Å²) < 4.78 is 5.52. The van der Waals surface area contributed by atoms with Crippen LogP contribution in [0.25, 0.3) is 0 Å². The summed E-state index contributed by atoms with van der Waals surface area (Å²) in [6.07, 6.45) is 7.17. The van der Waals surface area contributed by atoms with Crippen molar-refractivity contribution in [2.75, 3.05) is 6.61 Å². The predicted molar refractivity (Wildman–Crippen MR) is 77.8 cm³/mol. The lowest BCUT2D eigenvalue weighted by atomic mass is 9.84. The number of esters is 1. The Bertz CT molecular complexity index is 316. The summed E-state index contributed by atoms with van der Waals surface area (Å²) in [5.41, 5.74) is 0.369. The quantitative estimate of drug-likeness (QED) is 0.688. The molecule has 2 bridgehead atoms. The fourth-order valence-electron chi connectivity index (χ4n) is 4.15. The van der Waals surface area contributed by atoms with E-state index >= 15 is 0 Å². The van der Waals surface area contributed by atoms with Gasteiger partial charge in [0.1, 0.15) is 0 Å². The van der Waals surface area contributed by atoms with Crippen LogP contribution in [0.1, 0.15) is 66.2 Å². The van der Waals surface area contributed by atoms with Crippen molar-refractivity contribution in [3.8, 4) is 0 Å². The summed E-state index contributed by atoms with van der Waals surface area (Å²) in [6.45, 7) is 9.68. The highest BCUT2D eigenvalue weighted by atomic mass is 16.5. The maximum atomic E-state index is 12.1. The molecule has 0 aromatic rings. The monoisotopic (exact) mass is 266 g/mol. The molecular weight excluding hydrogens is 236 g/mol. The number of carbonyl (C=O) groups excluding carboxylic acids is 1. The van der Waals surface area contributed by atoms with Crippen molar-refractivity contribution in [2.24, 2.45) is 29.1 Å². The van der Waals surface area contributed by atoms with Crippen molar-refractivity contribution >= 4 is 5.97 Å². The Morgan fingerprint density at radius 3 is 2.53 bits per heavy atom. The Hall–Kier alpha value is -0.530. The summed E-state index contributed by atoms with van der Waals surface area (Å²) in [5.74, 6) is 2.42. The molecule has 0 saturated heterocycles. The second-order valence-corrected chi connectivity index (χ2v) is 8.11. The highest BCUT2D eigenvalue weighted by molar-refractivity contribution is 5.73. The Morgan fingerprint density at radius 2 is 2.00 bits per heavy atom. The summed E-state index contributed by atoms with van der Waals surface area (Å²) >= 11 is 0. The summed E-state index contributed by atoms with van der Waals surface area (Å²) in [6, 6.07) is 0. The van der Waals surface area contributed by atoms with Crippen LogP contribution in [0.15, 0.2) is 0 Å². The van der Waals surface area contributed by atoms with Crippen LogP contribution in [0.4, 0.5) is 0 Å². The molecule has 0 radical (unpaired) electrons. The van der Waals surface area contributed by atoms with Gasteiger partial charge in [0.25, 0.3) is 0 Å². The minimum absolute atomic E-state index is 0.0927. The van der Waals surface area contributed by atoms with E-state index in [1.807, 2.05) is 0 Å². The maximum absolute atomic E-state index is 12.1. The third kappa shape index (κ3) is 4.22. The van der Waals surface area contributed by atoms with Gasteiger partial charge in [0.05, 0.1) is 12.5 Å². The van der Waals surface area contributed by atoms with Gasteiger partial charge < -0.3 is 4.74 Å². The Kier molecular flexibility index (Phi) is 4.58. The molecule has 0 amide bonds. The van der Waals surface area contributed by atoms with Crippen LogP contribution in [0.3, 0.4) is 0 Å². The van der Waals surface area contributed by atoms with Gasteiger partial charge in [-0.25, -0.2) is 0 Å². The molecule has 4 unspecified atom stereocenters. The zero-order valence-corrected chi connectivity index (χ0v) is 13.1. The molecule has 4 atom stereocenters. The summed E-state index contributed by atoms with van der Waals surface area (Å²) in [4.78, 5) is 12.1. The summed E-state index contributed by atoms with van der Waals surface area (Å²) in [5, 5.41) is 0. The molecule has 0 aliphatic heterocycles. The predicted octanol–water partition coefficient (Wildman–Crippen LogP) is 4.43. The first-order chi connectivity index (χ1) is 8.85. The highest BCUT2D eigenvalue weighted by Gasteiger charge is 2.43. The van der Waals surface area contributed by atoms with Gasteiger partial charge in [-0.2, -0.15) is 0 Å². The van der Waals surface area contributed by atoms with E-state index in [9.17, 15) is 4.79 Å². The molecule has 0 heterocycles. The number of hydrogen-bond donors (Lipinski definition) is 0. The Morgan fingerprint density at radius 1 is 1.26 bits per heavy atom. The number of hydrogen-bond acceptors (Lipinski definition) is 2. The highest BCUT2D eigenvalue weighted by Crippen LogP contribution is 2.48. The molecule has 2 aliphatic carbocycles. The average Bonchev–Trinajstić information content (AvgIpc) is 2.87. The molecule has 2 rings (SSSR count). The van der Waals surface area contributed by atoms with Gasteiger partial charge in [-0.15, -0.1) is 0 Å². The van der Waals surface area contributed by atoms with Crippen molar-refractivity contribution < 1.29 is 9.53 Å². The third-order valence-corrected chi connectivity index (χ3v) is 4.86. The first-order valence-electron chi connectivity index (χ1n) is 8.02. The normalized spacial score (nSPS) is 31.5. The molecule has 2 fully saturated rings. The maximum Gasteiger partial charge on any atom is 0.309 e. The van der Waals surface area contributed by atoms with E-state index in [2.05, 4.69) is 27.7 Å². The standard InChI is InChI=1S/C17H30O2/c1-12(11-17(2,3)4)7-8-19-16(18)15-10-13-5-6-14(15)9-13/h12-15H,5-11H2,1-4H3. The van der Waals surface area contributed by atoms with Crippen molar-refractivity contribution in [1.82, 2.24) is 0 Å². The fourth-order valence-corrected chi connectivity index (χ4v) is 4.15. The number of fused-ring (bicyclic) bond motifs is 2. The van der Waals surface area contributed by atoms with Crippen LogP contribution in [-0.2, 0) is 9.53 Å². The zero-order chi connectivity index (χ0) is 14.0. The number of rotatable bonds is 5. The van der Waals surface area contributed by atoms with E-state index in [-0.39, 0.29) is 11.9 Å². The van der Waals surface area contributed by atoms with Crippen molar-refractivity contribution in [3.05, 3.63) is 0 Å². The Labute approximate surface area is 118 Å². The molecule has 0 aromatic heterocycles. The van der Waals surface area contributed by atoms with Crippen molar-refractivity contribution in [3.63, 3.8) is 0 Å². The van der Waals surface area contributed by atoms with Gasteiger partial charge in [-0.05, 0) is 55.3 Å². The molecular formula is C17H30O2. The molecule has 0 aromatic carbocycles. The van der Waals surface area contributed by atoms with Gasteiger partial charge in [-0.3, -0.25) is 4.79 Å². The minimum Gasteiger partial charge on any atom is -0.465 e. The number of carbonyl (C=O) groups is 1. The summed E-state index contributed by atoms with van der Waals surface area (Å²) in [7, 11) is 0. The molecule has 2 heteroatoms. The lowest BCUT2D eigenvalue weighted by Crippen LogP contribution is -2.24. The molecule has 110 valence electrons. The van der Waals surface area contributed by atoms with E-state index < -0.39 is 0 Å². The molecule has 19 heavy (non-hydrogen) atoms. The van der Waals surface area contributed by atoms with Gasteiger partial charge in [0, 0.05) is 0 Å². The van der Waals surface area contributed by atoms with E-state index in [1.54, 1.807) is 0 Å². The molecule has 2 nitrogen and oxygen atoms in total. The first kappa shape index (κ1) is 14.9. The van der Waals surface area contributed by atoms with Crippen LogP contribution in [0, 0.1) is 29.1 Å². The van der Waals surface area contributed by atoms with Crippen LogP contribution >= 0.6 is 0 Å². The lowest BCUT2D eigenvalue weighted by Gasteiger charge is -2.24. The minimum atomic E-state index is 0.0927. The van der Waals surface area contributed by atoms with E-state index in [4.69, 9.17) is 4.74 Å². The average molecular weight is 266 g/mol. The van der Waals surface area contributed by atoms with Crippen LogP contribution in [0.2, 0.25) is 0 Å². The fraction of sp³-hybridized carbons (Fsp3) is 0.941. The smallest absolute Gasteiger partial charge is 0.309 e. The second-order valence-electron chi connectivity index (χ2n) is 8.11. The van der Waals surface area contributed by atoms with Crippen LogP contribution in [0.5, 0.6) is 0 Å². The topological polar surface area (TPSA) is 26.3 Å². The van der Waals surface area contributed by atoms with Gasteiger partial charge >= 0.3 is 5.97 Å². The van der Waals surface area contributed by atoms with Crippen LogP contribution in [-0.4, -0.2) is 12.6 Å². The van der Waals surface area contributed by atoms with E-state index in [0.29, 0.717) is 23.9 Å². The van der Waals surface area contributed by atoms with E-state index in [1.165, 1.54) is 25.7 Å². The third-order valence-electron chi connectivity index (χ3n) is 4.86.